The molecule has 0 atom stereocenters. The molecule has 1 rings (SSSR count). The second-order valence-corrected chi connectivity index (χ2v) is 3.32. The fourth-order valence-electron chi connectivity index (χ4n) is 0.777. The van der Waals surface area contributed by atoms with Gasteiger partial charge in [0.15, 0.2) is 0 Å². The predicted octanol–water partition coefficient (Wildman–Crippen LogP) is -1.83. The van der Waals surface area contributed by atoms with Gasteiger partial charge in [-0.25, -0.2) is 0 Å². The fraction of sp³-hybridized carbons (Fsp3) is 1.00. The van der Waals surface area contributed by atoms with Gasteiger partial charge < -0.3 is 9.88 Å². The molecular formula is C4H12N2Si. The molecule has 1 saturated heterocycles. The van der Waals surface area contributed by atoms with Gasteiger partial charge in [-0.05, 0) is 0 Å². The van der Waals surface area contributed by atoms with Crippen molar-refractivity contribution in [3.8, 4) is 0 Å². The largest absolute Gasteiger partial charge is 0.330 e. The van der Waals surface area contributed by atoms with Crippen molar-refractivity contribution in [2.24, 2.45) is 0 Å². The first-order valence-electron chi connectivity index (χ1n) is 2.79. The molecule has 1 heterocycles. The molecule has 0 bridgehead atoms. The first-order valence-corrected chi connectivity index (χ1v) is 3.68. The molecule has 1 aliphatic rings. The van der Waals surface area contributed by atoms with Crippen molar-refractivity contribution in [3.63, 3.8) is 0 Å². The summed E-state index contributed by atoms with van der Waals surface area (Å²) in [5.41, 5.74) is 0. The maximum Gasteiger partial charge on any atom is 0.0785 e. The van der Waals surface area contributed by atoms with Gasteiger partial charge in [0.25, 0.3) is 0 Å². The van der Waals surface area contributed by atoms with Crippen LogP contribution in [0.1, 0.15) is 0 Å². The zero-order valence-corrected chi connectivity index (χ0v) is 6.78. The summed E-state index contributed by atoms with van der Waals surface area (Å²) in [5, 5.41) is 3.30. The van der Waals surface area contributed by atoms with Gasteiger partial charge >= 0.3 is 0 Å². The van der Waals surface area contributed by atoms with E-state index < -0.39 is 0 Å². The number of hydrogen-bond donors (Lipinski definition) is 1. The topological polar surface area (TPSA) is 15.3 Å². The Balaban J connectivity index is 2.12. The summed E-state index contributed by atoms with van der Waals surface area (Å²) < 4.78 is 2.47. The fourth-order valence-corrected chi connectivity index (χ4v) is 1.22. The van der Waals surface area contributed by atoms with E-state index in [0.717, 1.165) is 0 Å². The average Bonchev–Trinajstić information content (AvgIpc) is 1.69. The molecule has 1 N–H and O–H groups in total. The Morgan fingerprint density at radius 3 is 2.14 bits per heavy atom. The zero-order chi connectivity index (χ0) is 5.11. The van der Waals surface area contributed by atoms with E-state index >= 15 is 0 Å². The van der Waals surface area contributed by atoms with Gasteiger partial charge in [-0.3, -0.25) is 0 Å². The van der Waals surface area contributed by atoms with E-state index in [-0.39, 0.29) is 0 Å². The summed E-state index contributed by atoms with van der Waals surface area (Å²) in [4.78, 5) is 0. The minimum atomic E-state index is 1.20. The lowest BCUT2D eigenvalue weighted by Crippen LogP contribution is -2.41. The van der Waals surface area contributed by atoms with Crippen LogP contribution in [0.4, 0.5) is 0 Å². The van der Waals surface area contributed by atoms with E-state index in [1.165, 1.54) is 36.6 Å². The van der Waals surface area contributed by atoms with Crippen molar-refractivity contribution in [2.45, 2.75) is 0 Å². The molecule has 0 radical (unpaired) electrons. The summed E-state index contributed by atoms with van der Waals surface area (Å²) in [6, 6.07) is 0. The lowest BCUT2D eigenvalue weighted by Gasteiger charge is -2.22. The SMILES string of the molecule is [SiH3]N1CCNCC1. The molecule has 0 aliphatic carbocycles. The predicted molar refractivity (Wildman–Crippen MR) is 34.4 cm³/mol. The van der Waals surface area contributed by atoms with Gasteiger partial charge in [0, 0.05) is 26.2 Å². The summed E-state index contributed by atoms with van der Waals surface area (Å²) in [6.45, 7) is 4.94. The smallest absolute Gasteiger partial charge is 0.0785 e. The second kappa shape index (κ2) is 2.45. The van der Waals surface area contributed by atoms with Crippen LogP contribution in [-0.2, 0) is 0 Å². The maximum absolute atomic E-state index is 3.30. The van der Waals surface area contributed by atoms with Crippen LogP contribution in [0, 0.1) is 0 Å². The summed E-state index contributed by atoms with van der Waals surface area (Å²) >= 11 is 0. The van der Waals surface area contributed by atoms with Gasteiger partial charge in [-0.15, -0.1) is 0 Å². The molecule has 0 unspecified atom stereocenters. The molecule has 3 heteroatoms. The Kier molecular flexibility index (Phi) is 1.84. The Morgan fingerprint density at radius 1 is 1.29 bits per heavy atom. The normalized spacial score (nSPS) is 25.7. The summed E-state index contributed by atoms with van der Waals surface area (Å²) in [6.07, 6.45) is 0. The first-order chi connectivity index (χ1) is 3.39. The van der Waals surface area contributed by atoms with Crippen molar-refractivity contribution in [2.75, 3.05) is 26.2 Å². The molecule has 2 nitrogen and oxygen atoms in total. The number of hydrogen-bond acceptors (Lipinski definition) is 2. The second-order valence-electron chi connectivity index (χ2n) is 2.05. The van der Waals surface area contributed by atoms with E-state index in [1.54, 1.807) is 0 Å². The van der Waals surface area contributed by atoms with E-state index in [9.17, 15) is 0 Å². The van der Waals surface area contributed by atoms with E-state index in [2.05, 4.69) is 9.88 Å². The highest BCUT2D eigenvalue weighted by Crippen LogP contribution is 1.81. The number of nitrogens with one attached hydrogen (secondary N) is 1. The third-order valence-electron chi connectivity index (χ3n) is 1.34. The summed E-state index contributed by atoms with van der Waals surface area (Å²) in [7, 11) is 1.24. The van der Waals surface area contributed by atoms with Crippen LogP contribution in [0.5, 0.6) is 0 Å². The van der Waals surface area contributed by atoms with Crippen LogP contribution in [0.15, 0.2) is 0 Å². The monoisotopic (exact) mass is 116 g/mol. The van der Waals surface area contributed by atoms with Crippen molar-refractivity contribution in [1.82, 2.24) is 9.88 Å². The van der Waals surface area contributed by atoms with Crippen molar-refractivity contribution < 1.29 is 0 Å². The van der Waals surface area contributed by atoms with Crippen LogP contribution in [0.2, 0.25) is 0 Å². The zero-order valence-electron chi connectivity index (χ0n) is 4.78. The van der Waals surface area contributed by atoms with Gasteiger partial charge in [-0.2, -0.15) is 0 Å². The molecule has 0 aromatic rings. The molecular weight excluding hydrogens is 104 g/mol. The van der Waals surface area contributed by atoms with Gasteiger partial charge in [0.1, 0.15) is 0 Å². The van der Waals surface area contributed by atoms with Crippen LogP contribution in [0.3, 0.4) is 0 Å². The Bertz CT molecular complexity index is 51.7. The van der Waals surface area contributed by atoms with Crippen LogP contribution < -0.4 is 5.32 Å². The number of rotatable bonds is 0. The Hall–Kier alpha value is 0.137. The van der Waals surface area contributed by atoms with E-state index in [0.29, 0.717) is 0 Å². The Labute approximate surface area is 47.4 Å². The summed E-state index contributed by atoms with van der Waals surface area (Å²) in [5.74, 6) is 0. The minimum absolute atomic E-state index is 1.20. The molecule has 0 aromatic carbocycles. The highest BCUT2D eigenvalue weighted by molar-refractivity contribution is 6.04. The van der Waals surface area contributed by atoms with Crippen LogP contribution >= 0.6 is 0 Å². The minimum Gasteiger partial charge on any atom is -0.330 e. The molecule has 0 aromatic heterocycles. The lowest BCUT2D eigenvalue weighted by molar-refractivity contribution is 0.383. The molecule has 0 saturated carbocycles. The highest BCUT2D eigenvalue weighted by atomic mass is 28.2. The van der Waals surface area contributed by atoms with Gasteiger partial charge in [0.2, 0.25) is 0 Å². The van der Waals surface area contributed by atoms with Crippen molar-refractivity contribution in [3.05, 3.63) is 0 Å². The van der Waals surface area contributed by atoms with E-state index in [4.69, 9.17) is 0 Å². The Morgan fingerprint density at radius 2 is 1.86 bits per heavy atom. The maximum atomic E-state index is 3.30. The number of nitrogens with zero attached hydrogens (tertiary/aromatic N) is 1. The lowest BCUT2D eigenvalue weighted by atomic mass is 10.4. The average molecular weight is 116 g/mol. The quantitative estimate of drug-likeness (QED) is 0.375. The molecule has 1 aliphatic heterocycles. The molecule has 0 amide bonds. The third kappa shape index (κ3) is 1.59. The standard InChI is InChI=1S/C4H12N2Si/c7-6-3-1-5-2-4-6/h5H,1-4H2,7H3. The van der Waals surface area contributed by atoms with Crippen LogP contribution in [0.25, 0.3) is 0 Å². The van der Waals surface area contributed by atoms with Gasteiger partial charge in [-0.1, -0.05) is 0 Å². The molecule has 7 heavy (non-hydrogen) atoms. The molecule has 0 spiro atoms. The van der Waals surface area contributed by atoms with Crippen molar-refractivity contribution >= 4 is 10.4 Å². The third-order valence-corrected chi connectivity index (χ3v) is 2.24. The molecule has 1 fully saturated rings. The van der Waals surface area contributed by atoms with Crippen LogP contribution in [-0.4, -0.2) is 41.1 Å². The van der Waals surface area contributed by atoms with Gasteiger partial charge in [0.05, 0.1) is 10.4 Å². The highest BCUT2D eigenvalue weighted by Gasteiger charge is 2.00. The first kappa shape index (κ1) is 5.28. The number of piperazine rings is 1. The van der Waals surface area contributed by atoms with E-state index in [1.807, 2.05) is 0 Å². The molecule has 42 valence electrons. The van der Waals surface area contributed by atoms with Crippen molar-refractivity contribution in [1.29, 1.82) is 0 Å².